The Morgan fingerprint density at radius 1 is 1.07 bits per heavy atom. The third kappa shape index (κ3) is 3.95. The quantitative estimate of drug-likeness (QED) is 0.161. The zero-order valence-electron chi connectivity index (χ0n) is 24.9. The second-order valence-corrected chi connectivity index (χ2v) is 14.2. The summed E-state index contributed by atoms with van der Waals surface area (Å²) in [6.45, 7) is 9.11. The Bertz CT molecular complexity index is 1050. The van der Waals surface area contributed by atoms with E-state index in [4.69, 9.17) is 9.47 Å². The smallest absolute Gasteiger partial charge is 0.306 e. The van der Waals surface area contributed by atoms with E-state index in [-0.39, 0.29) is 17.5 Å². The van der Waals surface area contributed by atoms with E-state index in [1.165, 1.54) is 38.5 Å². The highest BCUT2D eigenvalue weighted by Gasteiger charge is 2.90. The third-order valence-electron chi connectivity index (χ3n) is 11.7. The standard InChI is InChI=1S/C32H50O8/c1-6-7-8-9-10-11-12-13-14-15-22(34)39-30-17-20(3)31(37)21-16-19(2)25(35)32(21,38)27(36)29(18-33)26(40-29)23(31)24(30)28(30,4)5/h16,20-21,23-24,26-27,33,36-38H,6-15,17-18H2,1-5H3/t20-,21?,23-,24-,26+,27-,29+,30+,31+,32-/m1/s1. The average molecular weight is 563 g/mol. The van der Waals surface area contributed by atoms with Crippen molar-refractivity contribution >= 4 is 11.8 Å². The van der Waals surface area contributed by atoms with Gasteiger partial charge in [-0.15, -0.1) is 0 Å². The van der Waals surface area contributed by atoms with E-state index in [1.54, 1.807) is 13.0 Å². The number of unbranched alkanes of at least 4 members (excludes halogenated alkanes) is 8. The molecule has 1 heterocycles. The molecule has 0 bridgehead atoms. The Labute approximate surface area is 238 Å². The summed E-state index contributed by atoms with van der Waals surface area (Å²) >= 11 is 0. The van der Waals surface area contributed by atoms with E-state index in [2.05, 4.69) is 6.92 Å². The fraction of sp³-hybridized carbons (Fsp3) is 0.875. The van der Waals surface area contributed by atoms with Crippen LogP contribution in [0.5, 0.6) is 0 Å². The van der Waals surface area contributed by atoms with Gasteiger partial charge in [-0.2, -0.15) is 0 Å². The van der Waals surface area contributed by atoms with Crippen LogP contribution in [-0.4, -0.2) is 73.4 Å². The SMILES string of the molecule is CCCCCCCCCCCC(=O)O[C@@]12C[C@@H](C)[C@]3(O)C4C=C(C)C(=O)[C@@]4(O)[C@H](O)[C@@]4(CO)O[C@H]4[C@H]3[C@@H]1C2(C)C. The number of fused-ring (bicyclic) bond motifs is 7. The molecule has 40 heavy (non-hydrogen) atoms. The molecule has 5 aliphatic rings. The molecular weight excluding hydrogens is 512 g/mol. The number of aliphatic hydroxyl groups is 4. The van der Waals surface area contributed by atoms with Crippen LogP contribution < -0.4 is 0 Å². The Kier molecular flexibility index (Phi) is 7.65. The van der Waals surface area contributed by atoms with Crippen molar-refractivity contribution in [3.63, 3.8) is 0 Å². The molecule has 8 nitrogen and oxygen atoms in total. The first-order valence-electron chi connectivity index (χ1n) is 15.7. The first kappa shape index (κ1) is 30.1. The van der Waals surface area contributed by atoms with E-state index in [0.717, 1.165) is 19.3 Å². The molecule has 3 saturated carbocycles. The van der Waals surface area contributed by atoms with Gasteiger partial charge in [0.1, 0.15) is 17.3 Å². The van der Waals surface area contributed by atoms with Crippen LogP contribution in [0.25, 0.3) is 0 Å². The molecule has 8 heteroatoms. The minimum Gasteiger partial charge on any atom is -0.458 e. The topological polar surface area (TPSA) is 137 Å². The van der Waals surface area contributed by atoms with Crippen molar-refractivity contribution in [2.75, 3.05) is 6.61 Å². The van der Waals surface area contributed by atoms with Crippen LogP contribution in [-0.2, 0) is 19.1 Å². The summed E-state index contributed by atoms with van der Waals surface area (Å²) in [5.41, 5.74) is -6.50. The number of carbonyl (C=O) groups excluding carboxylic acids is 2. The summed E-state index contributed by atoms with van der Waals surface area (Å²) in [4.78, 5) is 26.4. The zero-order chi connectivity index (χ0) is 29.3. The highest BCUT2D eigenvalue weighted by Crippen LogP contribution is 2.79. The van der Waals surface area contributed by atoms with Crippen molar-refractivity contribution in [1.29, 1.82) is 0 Å². The summed E-state index contributed by atoms with van der Waals surface area (Å²) in [6.07, 6.45) is 10.3. The lowest BCUT2D eigenvalue weighted by Crippen LogP contribution is -2.65. The number of aliphatic hydroxyl groups excluding tert-OH is 2. The summed E-state index contributed by atoms with van der Waals surface area (Å²) in [5, 5.41) is 46.1. The second kappa shape index (κ2) is 10.1. The Hall–Kier alpha value is -1.32. The van der Waals surface area contributed by atoms with Crippen molar-refractivity contribution in [1.82, 2.24) is 0 Å². The van der Waals surface area contributed by atoms with Crippen LogP contribution in [0.4, 0.5) is 0 Å². The maximum absolute atomic E-state index is 13.2. The number of hydrogen-bond acceptors (Lipinski definition) is 8. The van der Waals surface area contributed by atoms with Gasteiger partial charge in [0.15, 0.2) is 11.4 Å². The molecule has 4 fully saturated rings. The van der Waals surface area contributed by atoms with Crippen LogP contribution >= 0.6 is 0 Å². The highest BCUT2D eigenvalue weighted by molar-refractivity contribution is 6.05. The molecule has 4 N–H and O–H groups in total. The molecule has 226 valence electrons. The lowest BCUT2D eigenvalue weighted by molar-refractivity contribution is -0.215. The molecule has 4 aliphatic carbocycles. The number of Topliss-reactive ketones (excluding diaryl/α,β-unsaturated/α-hetero) is 1. The lowest BCUT2D eigenvalue weighted by atomic mass is 9.59. The molecule has 0 amide bonds. The van der Waals surface area contributed by atoms with Gasteiger partial charge in [-0.1, -0.05) is 85.1 Å². The maximum Gasteiger partial charge on any atom is 0.306 e. The molecule has 1 unspecified atom stereocenters. The van der Waals surface area contributed by atoms with Crippen molar-refractivity contribution in [3.8, 4) is 0 Å². The Morgan fingerprint density at radius 3 is 2.27 bits per heavy atom. The fourth-order valence-corrected chi connectivity index (χ4v) is 9.28. The van der Waals surface area contributed by atoms with E-state index >= 15 is 0 Å². The predicted molar refractivity (Wildman–Crippen MR) is 148 cm³/mol. The number of ketones is 1. The molecule has 0 aromatic rings. The summed E-state index contributed by atoms with van der Waals surface area (Å²) in [5.74, 6) is -3.39. The van der Waals surface area contributed by atoms with Gasteiger partial charge in [0.05, 0.1) is 18.3 Å². The number of esters is 1. The minimum absolute atomic E-state index is 0.238. The monoisotopic (exact) mass is 562 g/mol. The second-order valence-electron chi connectivity index (χ2n) is 14.2. The van der Waals surface area contributed by atoms with Gasteiger partial charge >= 0.3 is 5.97 Å². The largest absolute Gasteiger partial charge is 0.458 e. The van der Waals surface area contributed by atoms with Gasteiger partial charge in [-0.3, -0.25) is 9.59 Å². The van der Waals surface area contributed by atoms with Gasteiger partial charge < -0.3 is 29.9 Å². The zero-order valence-corrected chi connectivity index (χ0v) is 24.9. The van der Waals surface area contributed by atoms with Crippen molar-refractivity contribution in [2.45, 2.75) is 140 Å². The highest BCUT2D eigenvalue weighted by atomic mass is 16.6. The van der Waals surface area contributed by atoms with E-state index in [1.807, 2.05) is 20.8 Å². The maximum atomic E-state index is 13.2. The Balaban J connectivity index is 1.32. The normalized spacial score (nSPS) is 45.9. The first-order chi connectivity index (χ1) is 18.8. The molecular formula is C32H50O8. The fourth-order valence-electron chi connectivity index (χ4n) is 9.28. The van der Waals surface area contributed by atoms with Gasteiger partial charge in [0.25, 0.3) is 0 Å². The molecule has 0 aromatic heterocycles. The van der Waals surface area contributed by atoms with Gasteiger partial charge in [0, 0.05) is 29.6 Å². The molecule has 0 aromatic carbocycles. The van der Waals surface area contributed by atoms with Crippen molar-refractivity contribution < 1.29 is 39.5 Å². The van der Waals surface area contributed by atoms with E-state index in [0.29, 0.717) is 12.8 Å². The van der Waals surface area contributed by atoms with Crippen LogP contribution in [0.2, 0.25) is 0 Å². The number of hydrogen-bond donors (Lipinski definition) is 4. The van der Waals surface area contributed by atoms with Crippen LogP contribution in [0.3, 0.4) is 0 Å². The van der Waals surface area contributed by atoms with Crippen LogP contribution in [0, 0.1) is 29.1 Å². The minimum atomic E-state index is -2.30. The van der Waals surface area contributed by atoms with Crippen LogP contribution in [0.1, 0.15) is 105 Å². The van der Waals surface area contributed by atoms with E-state index < -0.39 is 70.2 Å². The number of rotatable bonds is 12. The van der Waals surface area contributed by atoms with Crippen LogP contribution in [0.15, 0.2) is 11.6 Å². The summed E-state index contributed by atoms with van der Waals surface area (Å²) in [7, 11) is 0. The van der Waals surface area contributed by atoms with E-state index in [9.17, 15) is 30.0 Å². The summed E-state index contributed by atoms with van der Waals surface area (Å²) in [6, 6.07) is 0. The molecule has 1 saturated heterocycles. The molecule has 1 aliphatic heterocycles. The van der Waals surface area contributed by atoms with Gasteiger partial charge in [-0.25, -0.2) is 0 Å². The van der Waals surface area contributed by atoms with Gasteiger partial charge in [0.2, 0.25) is 0 Å². The summed E-state index contributed by atoms with van der Waals surface area (Å²) < 4.78 is 12.3. The number of ether oxygens (including phenoxy) is 2. The Morgan fingerprint density at radius 2 is 1.68 bits per heavy atom. The lowest BCUT2D eigenvalue weighted by Gasteiger charge is -2.51. The molecule has 0 spiro atoms. The van der Waals surface area contributed by atoms with Crippen molar-refractivity contribution in [3.05, 3.63) is 11.6 Å². The number of epoxide rings is 1. The predicted octanol–water partition coefficient (Wildman–Crippen LogP) is 3.61. The molecule has 10 atom stereocenters. The molecule has 5 rings (SSSR count). The molecule has 0 radical (unpaired) electrons. The first-order valence-corrected chi connectivity index (χ1v) is 15.7. The van der Waals surface area contributed by atoms with Crippen molar-refractivity contribution in [2.24, 2.45) is 29.1 Å². The van der Waals surface area contributed by atoms with Gasteiger partial charge in [-0.05, 0) is 31.3 Å². The third-order valence-corrected chi connectivity index (χ3v) is 11.7. The average Bonchev–Trinajstić information content (AvgIpc) is 3.73. The number of carbonyl (C=O) groups is 2.